The van der Waals surface area contributed by atoms with E-state index in [-0.39, 0.29) is 19.6 Å². The van der Waals surface area contributed by atoms with Crippen LogP contribution in [0.2, 0.25) is 0 Å². The molecule has 4 unspecified atom stereocenters. The summed E-state index contributed by atoms with van der Waals surface area (Å²) in [5.74, 6) is -0.451. The van der Waals surface area contributed by atoms with Gasteiger partial charge in [0.2, 0.25) is 5.91 Å². The van der Waals surface area contributed by atoms with Crippen LogP contribution in [0.1, 0.15) is 155 Å². The molecule has 0 aromatic rings. The van der Waals surface area contributed by atoms with Crippen molar-refractivity contribution in [2.45, 2.75) is 173 Å². The van der Waals surface area contributed by atoms with Crippen molar-refractivity contribution in [3.63, 3.8) is 0 Å². The number of hydrogen-bond donors (Lipinski definition) is 5. The highest BCUT2D eigenvalue weighted by atomic mass is 31.2. The summed E-state index contributed by atoms with van der Waals surface area (Å²) in [5.41, 5.74) is 5.33. The summed E-state index contributed by atoms with van der Waals surface area (Å²) in [4.78, 5) is 22.5. The zero-order valence-corrected chi connectivity index (χ0v) is 28.5. The van der Waals surface area contributed by atoms with Crippen molar-refractivity contribution in [1.82, 2.24) is 5.32 Å². The van der Waals surface area contributed by atoms with Crippen LogP contribution in [0.15, 0.2) is 12.2 Å². The summed E-state index contributed by atoms with van der Waals surface area (Å²) in [5, 5.41) is 23.8. The molecule has 0 rings (SSSR count). The van der Waals surface area contributed by atoms with Crippen molar-refractivity contribution in [1.29, 1.82) is 0 Å². The van der Waals surface area contributed by atoms with E-state index in [1.807, 2.05) is 12.2 Å². The Labute approximate surface area is 263 Å². The summed E-state index contributed by atoms with van der Waals surface area (Å²) in [6.45, 7) is 3.94. The average molecular weight is 635 g/mol. The zero-order valence-electron chi connectivity index (χ0n) is 27.6. The van der Waals surface area contributed by atoms with Gasteiger partial charge in [-0.05, 0) is 25.7 Å². The summed E-state index contributed by atoms with van der Waals surface area (Å²) in [7, 11) is -4.36. The third-order valence-corrected chi connectivity index (χ3v) is 8.66. The van der Waals surface area contributed by atoms with Gasteiger partial charge in [-0.3, -0.25) is 13.8 Å². The number of nitrogens with two attached hydrogens (primary N) is 1. The third kappa shape index (κ3) is 28.4. The summed E-state index contributed by atoms with van der Waals surface area (Å²) in [6, 6.07) is -0.905. The molecule has 0 aliphatic carbocycles. The lowest BCUT2D eigenvalue weighted by atomic mass is 10.0. The average Bonchev–Trinajstić information content (AvgIpc) is 2.97. The predicted molar refractivity (Wildman–Crippen MR) is 177 cm³/mol. The fraction of sp³-hybridized carbons (Fsp3) is 0.909. The van der Waals surface area contributed by atoms with Crippen LogP contribution in [0.4, 0.5) is 0 Å². The van der Waals surface area contributed by atoms with Crippen LogP contribution in [0.5, 0.6) is 0 Å². The van der Waals surface area contributed by atoms with Crippen LogP contribution in [-0.2, 0) is 18.4 Å². The first-order chi connectivity index (χ1) is 20.8. The number of aliphatic hydroxyl groups excluding tert-OH is 2. The molecule has 0 aromatic heterocycles. The minimum atomic E-state index is -4.36. The van der Waals surface area contributed by atoms with E-state index in [2.05, 4.69) is 19.2 Å². The highest BCUT2D eigenvalue weighted by Crippen LogP contribution is 2.43. The molecule has 0 aliphatic heterocycles. The molecular formula is C33H67N2O7P. The van der Waals surface area contributed by atoms with E-state index in [4.69, 9.17) is 14.8 Å². The first-order valence-corrected chi connectivity index (χ1v) is 18.9. The number of unbranched alkanes of at least 4 members (excludes halogenated alkanes) is 17. The molecule has 4 atom stereocenters. The maximum absolute atomic E-state index is 12.6. The molecule has 43 heavy (non-hydrogen) atoms. The second-order valence-electron chi connectivity index (χ2n) is 11.9. The Morgan fingerprint density at radius 2 is 1.30 bits per heavy atom. The van der Waals surface area contributed by atoms with Gasteiger partial charge >= 0.3 is 7.82 Å². The Bertz CT molecular complexity index is 711. The number of nitrogens with one attached hydrogen (secondary N) is 1. The van der Waals surface area contributed by atoms with Crippen molar-refractivity contribution < 1.29 is 33.5 Å². The quantitative estimate of drug-likeness (QED) is 0.0290. The Morgan fingerprint density at radius 1 is 0.791 bits per heavy atom. The summed E-state index contributed by atoms with van der Waals surface area (Å²) in [6.07, 6.45) is 25.7. The van der Waals surface area contributed by atoms with Crippen molar-refractivity contribution >= 4 is 13.7 Å². The van der Waals surface area contributed by atoms with Crippen LogP contribution in [0.3, 0.4) is 0 Å². The predicted octanol–water partition coefficient (Wildman–Crippen LogP) is 7.46. The Hall–Kier alpha value is -0.800. The topological polar surface area (TPSA) is 151 Å². The molecule has 0 aliphatic rings. The van der Waals surface area contributed by atoms with E-state index in [1.165, 1.54) is 89.9 Å². The monoisotopic (exact) mass is 634 g/mol. The largest absolute Gasteiger partial charge is 0.472 e. The number of carbonyl (C=O) groups excluding carboxylic acids is 1. The molecule has 0 heterocycles. The first-order valence-electron chi connectivity index (χ1n) is 17.4. The van der Waals surface area contributed by atoms with E-state index in [9.17, 15) is 24.5 Å². The molecule has 0 fully saturated rings. The fourth-order valence-electron chi connectivity index (χ4n) is 5.00. The van der Waals surface area contributed by atoms with Gasteiger partial charge in [-0.1, -0.05) is 135 Å². The van der Waals surface area contributed by atoms with Crippen molar-refractivity contribution in [2.24, 2.45) is 5.73 Å². The van der Waals surface area contributed by atoms with Gasteiger partial charge < -0.3 is 26.2 Å². The van der Waals surface area contributed by atoms with Gasteiger partial charge in [0.05, 0.1) is 37.9 Å². The Morgan fingerprint density at radius 3 is 1.84 bits per heavy atom. The number of rotatable bonds is 32. The van der Waals surface area contributed by atoms with E-state index in [0.717, 1.165) is 32.1 Å². The van der Waals surface area contributed by atoms with Gasteiger partial charge in [0, 0.05) is 6.54 Å². The number of phosphoric acid groups is 1. The molecular weight excluding hydrogens is 567 g/mol. The maximum atomic E-state index is 12.6. The van der Waals surface area contributed by atoms with Gasteiger partial charge in [0.25, 0.3) is 0 Å². The highest BCUT2D eigenvalue weighted by Gasteiger charge is 2.28. The highest BCUT2D eigenvalue weighted by molar-refractivity contribution is 7.47. The molecule has 256 valence electrons. The Kier molecular flexibility index (Phi) is 29.3. The molecule has 0 saturated heterocycles. The zero-order chi connectivity index (χ0) is 32.0. The molecule has 1 amide bonds. The molecule has 0 radical (unpaired) electrons. The lowest BCUT2D eigenvalue weighted by Crippen LogP contribution is -2.47. The van der Waals surface area contributed by atoms with Crippen LogP contribution >= 0.6 is 7.82 Å². The number of phosphoric ester groups is 1. The number of aliphatic hydroxyl groups is 2. The molecule has 0 spiro atoms. The molecule has 0 aromatic carbocycles. The van der Waals surface area contributed by atoms with E-state index in [0.29, 0.717) is 12.8 Å². The van der Waals surface area contributed by atoms with Gasteiger partial charge in [-0.25, -0.2) is 4.57 Å². The fourth-order valence-corrected chi connectivity index (χ4v) is 5.76. The Balaban J connectivity index is 4.44. The third-order valence-electron chi connectivity index (χ3n) is 7.67. The second-order valence-corrected chi connectivity index (χ2v) is 13.4. The minimum Gasteiger partial charge on any atom is -0.392 e. The molecule has 9 nitrogen and oxygen atoms in total. The lowest BCUT2D eigenvalue weighted by molar-refractivity contribution is -0.125. The van der Waals surface area contributed by atoms with Gasteiger partial charge in [0.15, 0.2) is 0 Å². The van der Waals surface area contributed by atoms with Gasteiger partial charge in [0.1, 0.15) is 0 Å². The van der Waals surface area contributed by atoms with Crippen molar-refractivity contribution in [3.05, 3.63) is 12.2 Å². The van der Waals surface area contributed by atoms with E-state index < -0.39 is 38.6 Å². The van der Waals surface area contributed by atoms with E-state index >= 15 is 0 Å². The molecule has 6 N–H and O–H groups in total. The normalized spacial score (nSPS) is 15.4. The molecule has 0 bridgehead atoms. The number of amides is 1. The number of allylic oxidation sites excluding steroid dienone is 1. The SMILES string of the molecule is CCCCCC/C=C\CC(O)CC(=O)NC(COP(=O)(O)OCCN)C(O)CCCCCCCCCCCCCCCC. The first kappa shape index (κ1) is 42.2. The van der Waals surface area contributed by atoms with Gasteiger partial charge in [-0.15, -0.1) is 0 Å². The number of carbonyl (C=O) groups is 1. The van der Waals surface area contributed by atoms with Gasteiger partial charge in [-0.2, -0.15) is 0 Å². The van der Waals surface area contributed by atoms with Crippen LogP contribution in [0.25, 0.3) is 0 Å². The smallest absolute Gasteiger partial charge is 0.392 e. The van der Waals surface area contributed by atoms with Crippen LogP contribution in [-0.4, -0.2) is 59.0 Å². The summed E-state index contributed by atoms with van der Waals surface area (Å²) < 4.78 is 21.9. The lowest BCUT2D eigenvalue weighted by Gasteiger charge is -2.25. The van der Waals surface area contributed by atoms with Crippen LogP contribution < -0.4 is 11.1 Å². The number of hydrogen-bond acceptors (Lipinski definition) is 7. The second kappa shape index (κ2) is 29.9. The molecule has 0 saturated carbocycles. The standard InChI is InChI=1S/C33H67N2O7P/c1-3-5-7-9-11-12-13-14-15-16-17-19-21-23-25-32(37)31(29-42-43(39,40)41-27-26-34)35-33(38)28-30(36)24-22-20-18-10-8-6-4-2/h20,22,30-32,36-37H,3-19,21,23-29,34H2,1-2H3,(H,35,38)(H,39,40)/b22-20-. The maximum Gasteiger partial charge on any atom is 0.472 e. The summed E-state index contributed by atoms with van der Waals surface area (Å²) >= 11 is 0. The van der Waals surface area contributed by atoms with E-state index in [1.54, 1.807) is 0 Å². The van der Waals surface area contributed by atoms with Crippen molar-refractivity contribution in [2.75, 3.05) is 19.8 Å². The minimum absolute atomic E-state index is 0.0564. The van der Waals surface area contributed by atoms with Crippen molar-refractivity contribution in [3.8, 4) is 0 Å². The van der Waals surface area contributed by atoms with Crippen LogP contribution in [0, 0.1) is 0 Å². The molecule has 10 heteroatoms.